The summed E-state index contributed by atoms with van der Waals surface area (Å²) in [5.41, 5.74) is 4.85. The van der Waals surface area contributed by atoms with Gasteiger partial charge in [-0.25, -0.2) is 4.79 Å². The summed E-state index contributed by atoms with van der Waals surface area (Å²) in [6.45, 7) is 10.6. The minimum absolute atomic E-state index is 0.114. The quantitative estimate of drug-likeness (QED) is 0.135. The third kappa shape index (κ3) is 5.87. The highest BCUT2D eigenvalue weighted by atomic mass is 32.2. The minimum atomic E-state index is -0.468. The predicted molar refractivity (Wildman–Crippen MR) is 153 cm³/mol. The minimum Gasteiger partial charge on any atom is -0.465 e. The fourth-order valence-electron chi connectivity index (χ4n) is 3.85. The third-order valence-electron chi connectivity index (χ3n) is 5.71. The second-order valence-corrected chi connectivity index (χ2v) is 11.5. The van der Waals surface area contributed by atoms with Crippen molar-refractivity contribution in [2.45, 2.75) is 38.9 Å². The van der Waals surface area contributed by atoms with E-state index in [2.05, 4.69) is 65.6 Å². The van der Waals surface area contributed by atoms with Crippen LogP contribution in [0.1, 0.15) is 32.6 Å². The second-order valence-electron chi connectivity index (χ2n) is 8.29. The Balaban J connectivity index is 1.56. The molecular weight excluding hydrogens is 525 g/mol. The SMILES string of the molecule is C=CCn1c(SCC(=O)Nc2sc(CC)cc2C(=O)OC)nnc1-c1csc(C)c1-c1ccc(C)cc1. The van der Waals surface area contributed by atoms with Gasteiger partial charge in [-0.15, -0.1) is 39.4 Å². The molecule has 0 saturated carbocycles. The van der Waals surface area contributed by atoms with Gasteiger partial charge in [-0.1, -0.05) is 54.6 Å². The zero-order chi connectivity index (χ0) is 26.5. The van der Waals surface area contributed by atoms with E-state index in [4.69, 9.17) is 4.74 Å². The molecule has 0 fully saturated rings. The Labute approximate surface area is 228 Å². The van der Waals surface area contributed by atoms with Crippen LogP contribution in [-0.4, -0.2) is 39.5 Å². The summed E-state index contributed by atoms with van der Waals surface area (Å²) < 4.78 is 6.84. The molecule has 1 aromatic carbocycles. The van der Waals surface area contributed by atoms with Crippen molar-refractivity contribution in [1.29, 1.82) is 0 Å². The lowest BCUT2D eigenvalue weighted by atomic mass is 10.0. The fraction of sp³-hybridized carbons (Fsp3) is 0.259. The van der Waals surface area contributed by atoms with Gasteiger partial charge in [-0.2, -0.15) is 0 Å². The number of nitrogens with one attached hydrogen (secondary N) is 1. The molecule has 3 aromatic heterocycles. The Morgan fingerprint density at radius 1 is 1.22 bits per heavy atom. The lowest BCUT2D eigenvalue weighted by Crippen LogP contribution is -2.16. The number of rotatable bonds is 10. The Hall–Kier alpha value is -3.21. The molecule has 4 aromatic rings. The molecule has 10 heteroatoms. The van der Waals surface area contributed by atoms with E-state index in [0.29, 0.717) is 22.3 Å². The maximum atomic E-state index is 12.8. The molecule has 37 heavy (non-hydrogen) atoms. The summed E-state index contributed by atoms with van der Waals surface area (Å²) in [5.74, 6) is 0.148. The molecule has 0 spiro atoms. The number of allylic oxidation sites excluding steroid dienone is 1. The van der Waals surface area contributed by atoms with Crippen LogP contribution in [0, 0.1) is 13.8 Å². The summed E-state index contributed by atoms with van der Waals surface area (Å²) in [4.78, 5) is 27.1. The van der Waals surface area contributed by atoms with Crippen LogP contribution in [0.15, 0.2) is 53.5 Å². The number of thiophene rings is 2. The average molecular weight is 553 g/mol. The van der Waals surface area contributed by atoms with E-state index < -0.39 is 5.97 Å². The van der Waals surface area contributed by atoms with Crippen molar-refractivity contribution in [3.05, 3.63) is 69.2 Å². The molecular formula is C27H28N4O3S3. The topological polar surface area (TPSA) is 86.1 Å². The van der Waals surface area contributed by atoms with Crippen molar-refractivity contribution in [1.82, 2.24) is 14.8 Å². The zero-order valence-electron chi connectivity index (χ0n) is 21.2. The molecule has 4 rings (SSSR count). The van der Waals surface area contributed by atoms with Crippen molar-refractivity contribution < 1.29 is 14.3 Å². The van der Waals surface area contributed by atoms with E-state index in [0.717, 1.165) is 33.8 Å². The molecule has 0 saturated heterocycles. The zero-order valence-corrected chi connectivity index (χ0v) is 23.6. The predicted octanol–water partition coefficient (Wildman–Crippen LogP) is 6.62. The Morgan fingerprint density at radius 2 is 1.97 bits per heavy atom. The van der Waals surface area contributed by atoms with Gasteiger partial charge >= 0.3 is 5.97 Å². The first kappa shape index (κ1) is 26.8. The van der Waals surface area contributed by atoms with E-state index in [1.54, 1.807) is 23.5 Å². The highest BCUT2D eigenvalue weighted by Crippen LogP contribution is 2.39. The summed E-state index contributed by atoms with van der Waals surface area (Å²) in [7, 11) is 1.33. The van der Waals surface area contributed by atoms with Crippen LogP contribution in [0.2, 0.25) is 0 Å². The maximum absolute atomic E-state index is 12.8. The van der Waals surface area contributed by atoms with Gasteiger partial charge in [-0.05, 0) is 31.9 Å². The van der Waals surface area contributed by atoms with Crippen LogP contribution < -0.4 is 5.32 Å². The van der Waals surface area contributed by atoms with Crippen LogP contribution in [-0.2, 0) is 22.5 Å². The number of benzene rings is 1. The molecule has 0 radical (unpaired) electrons. The number of thioether (sulfide) groups is 1. The maximum Gasteiger partial charge on any atom is 0.340 e. The molecule has 192 valence electrons. The Morgan fingerprint density at radius 3 is 2.65 bits per heavy atom. The van der Waals surface area contributed by atoms with Crippen LogP contribution in [0.3, 0.4) is 0 Å². The number of carbonyl (C=O) groups is 2. The highest BCUT2D eigenvalue weighted by molar-refractivity contribution is 7.99. The number of aromatic nitrogens is 3. The standard InChI is InChI=1S/C27H28N4O3S3/c1-6-12-31-24(21-14-35-17(4)23(21)18-10-8-16(3)9-11-18)29-30-27(31)36-15-22(32)28-25-20(26(33)34-5)13-19(7-2)37-25/h6,8-11,13-14H,1,7,12,15H2,2-5H3,(H,28,32). The molecule has 0 aliphatic carbocycles. The number of carbonyl (C=O) groups excluding carboxylic acids is 2. The molecule has 0 aliphatic rings. The second kappa shape index (κ2) is 11.9. The number of anilines is 1. The van der Waals surface area contributed by atoms with Gasteiger partial charge in [-0.3, -0.25) is 9.36 Å². The van der Waals surface area contributed by atoms with Crippen molar-refractivity contribution in [3.63, 3.8) is 0 Å². The normalized spacial score (nSPS) is 10.9. The summed E-state index contributed by atoms with van der Waals surface area (Å²) in [6.07, 6.45) is 2.56. The van der Waals surface area contributed by atoms with Crippen LogP contribution >= 0.6 is 34.4 Å². The molecule has 1 amide bonds. The van der Waals surface area contributed by atoms with Crippen molar-refractivity contribution in [2.75, 3.05) is 18.2 Å². The summed E-state index contributed by atoms with van der Waals surface area (Å²) in [6, 6.07) is 10.2. The van der Waals surface area contributed by atoms with E-state index >= 15 is 0 Å². The van der Waals surface area contributed by atoms with E-state index in [1.807, 2.05) is 11.5 Å². The molecule has 0 bridgehead atoms. The lowest BCUT2D eigenvalue weighted by Gasteiger charge is -2.10. The monoisotopic (exact) mass is 552 g/mol. The number of amides is 1. The third-order valence-corrected chi connectivity index (χ3v) is 8.78. The fourth-order valence-corrected chi connectivity index (χ4v) is 6.46. The van der Waals surface area contributed by atoms with Gasteiger partial charge in [0, 0.05) is 32.8 Å². The molecule has 0 unspecified atom stereocenters. The molecule has 7 nitrogen and oxygen atoms in total. The number of methoxy groups -OCH3 is 1. The van der Waals surface area contributed by atoms with Gasteiger partial charge in [0.05, 0.1) is 18.4 Å². The number of nitrogens with zero attached hydrogens (tertiary/aromatic N) is 3. The van der Waals surface area contributed by atoms with E-state index in [1.165, 1.54) is 40.6 Å². The highest BCUT2D eigenvalue weighted by Gasteiger charge is 2.22. The van der Waals surface area contributed by atoms with E-state index in [-0.39, 0.29) is 11.7 Å². The Bertz CT molecular complexity index is 1430. The van der Waals surface area contributed by atoms with Gasteiger partial charge in [0.2, 0.25) is 5.91 Å². The van der Waals surface area contributed by atoms with Gasteiger partial charge in [0.25, 0.3) is 0 Å². The smallest absolute Gasteiger partial charge is 0.340 e. The largest absolute Gasteiger partial charge is 0.465 e. The first-order valence-corrected chi connectivity index (χ1v) is 14.4. The number of ether oxygens (including phenoxy) is 1. The van der Waals surface area contributed by atoms with Gasteiger partial charge in [0.1, 0.15) is 5.00 Å². The number of hydrogen-bond donors (Lipinski definition) is 1. The Kier molecular flexibility index (Phi) is 8.63. The summed E-state index contributed by atoms with van der Waals surface area (Å²) in [5, 5.41) is 15.0. The first-order chi connectivity index (χ1) is 17.9. The van der Waals surface area contributed by atoms with Gasteiger partial charge < -0.3 is 10.1 Å². The number of aryl methyl sites for hydroxylation is 3. The van der Waals surface area contributed by atoms with Crippen LogP contribution in [0.5, 0.6) is 0 Å². The van der Waals surface area contributed by atoms with Crippen LogP contribution in [0.25, 0.3) is 22.5 Å². The van der Waals surface area contributed by atoms with Crippen molar-refractivity contribution in [2.24, 2.45) is 0 Å². The molecule has 1 N–H and O–H groups in total. The van der Waals surface area contributed by atoms with Crippen molar-refractivity contribution >= 4 is 51.3 Å². The summed E-state index contributed by atoms with van der Waals surface area (Å²) >= 11 is 4.35. The van der Waals surface area contributed by atoms with E-state index in [9.17, 15) is 9.59 Å². The van der Waals surface area contributed by atoms with Crippen molar-refractivity contribution in [3.8, 4) is 22.5 Å². The molecule has 0 atom stereocenters. The van der Waals surface area contributed by atoms with Crippen LogP contribution in [0.4, 0.5) is 5.00 Å². The lowest BCUT2D eigenvalue weighted by molar-refractivity contribution is -0.113. The van der Waals surface area contributed by atoms with Gasteiger partial charge in [0.15, 0.2) is 11.0 Å². The average Bonchev–Trinajstić information content (AvgIpc) is 3.60. The molecule has 0 aliphatic heterocycles. The number of esters is 1. The molecule has 3 heterocycles. The first-order valence-electron chi connectivity index (χ1n) is 11.7. The number of hydrogen-bond acceptors (Lipinski definition) is 8.